The van der Waals surface area contributed by atoms with Gasteiger partial charge in [-0.25, -0.2) is 14.8 Å². The first-order valence-corrected chi connectivity index (χ1v) is 13.0. The minimum Gasteiger partial charge on any atom is -0.459 e. The van der Waals surface area contributed by atoms with Crippen LogP contribution in [0.1, 0.15) is 37.9 Å². The highest BCUT2D eigenvalue weighted by Crippen LogP contribution is 2.22. The molecule has 1 aromatic carbocycles. The predicted molar refractivity (Wildman–Crippen MR) is 156 cm³/mol. The fourth-order valence-corrected chi connectivity index (χ4v) is 3.69. The number of aromatic nitrogens is 2. The average molecular weight is 590 g/mol. The molecule has 0 aliphatic heterocycles. The van der Waals surface area contributed by atoms with E-state index in [-0.39, 0.29) is 53.9 Å². The van der Waals surface area contributed by atoms with Crippen molar-refractivity contribution in [2.24, 2.45) is 28.1 Å². The van der Waals surface area contributed by atoms with Gasteiger partial charge in [0.15, 0.2) is 22.7 Å². The first kappa shape index (κ1) is 32.6. The molecule has 0 bridgehead atoms. The monoisotopic (exact) mass is 589 g/mol. The van der Waals surface area contributed by atoms with Gasteiger partial charge in [-0.05, 0) is 24.3 Å². The summed E-state index contributed by atoms with van der Waals surface area (Å²) in [6, 6.07) is 7.20. The average Bonchev–Trinajstić information content (AvgIpc) is 2.92. The van der Waals surface area contributed by atoms with E-state index in [0.717, 1.165) is 5.56 Å². The van der Waals surface area contributed by atoms with Crippen LogP contribution in [-0.2, 0) is 25.7 Å². The summed E-state index contributed by atoms with van der Waals surface area (Å²) in [4.78, 5) is 50.3. The Kier molecular flexibility index (Phi) is 12.6. The first-order chi connectivity index (χ1) is 19.4. The van der Waals surface area contributed by atoms with Crippen molar-refractivity contribution in [3.05, 3.63) is 46.7 Å². The maximum Gasteiger partial charge on any atom is 0.328 e. The molecule has 41 heavy (non-hydrogen) atoms. The van der Waals surface area contributed by atoms with Crippen molar-refractivity contribution < 1.29 is 19.1 Å². The van der Waals surface area contributed by atoms with E-state index in [4.69, 9.17) is 44.7 Å². The van der Waals surface area contributed by atoms with Gasteiger partial charge in [-0.3, -0.25) is 20.0 Å². The van der Waals surface area contributed by atoms with Gasteiger partial charge >= 0.3 is 5.97 Å². The number of rotatable bonds is 15. The fraction of sp³-hybridized carbons (Fsp3) is 0.400. The number of anilines is 2. The van der Waals surface area contributed by atoms with E-state index in [1.165, 1.54) is 0 Å². The molecule has 0 unspecified atom stereocenters. The number of guanidine groups is 1. The molecule has 0 aliphatic rings. The number of carbonyl (C=O) groups excluding carboxylic acids is 3. The van der Waals surface area contributed by atoms with Crippen LogP contribution in [-0.4, -0.2) is 64.7 Å². The summed E-state index contributed by atoms with van der Waals surface area (Å²) in [6.07, 6.45) is 0.595. The zero-order valence-electron chi connectivity index (χ0n) is 22.8. The Hall–Kier alpha value is -4.66. The molecule has 1 heterocycles. The summed E-state index contributed by atoms with van der Waals surface area (Å²) in [7, 11) is 0. The number of nitrogen functional groups attached to an aromatic ring is 2. The summed E-state index contributed by atoms with van der Waals surface area (Å²) >= 11 is 6.14. The third-order valence-electron chi connectivity index (χ3n) is 5.59. The third kappa shape index (κ3) is 10.8. The topological polar surface area (TPSA) is 263 Å². The Labute approximate surface area is 242 Å². The fourth-order valence-electron chi connectivity index (χ4n) is 3.50. The van der Waals surface area contributed by atoms with Crippen LogP contribution in [0, 0.1) is 11.3 Å². The van der Waals surface area contributed by atoms with Crippen LogP contribution in [0.25, 0.3) is 0 Å². The molecule has 16 heteroatoms. The zero-order valence-corrected chi connectivity index (χ0v) is 23.6. The van der Waals surface area contributed by atoms with Gasteiger partial charge in [-0.1, -0.05) is 55.8 Å². The standard InChI is InChI=1S/C25H36ClN11O4/c1-13(2)17(36-22-19(26)35-18(20(27)28)21(29)37-22)23(39)33-11-16(38)34-15(9-6-10-32-25(30)31)24(40)41-12-14-7-4-3-5-8-14/h3-5,7-8,13,15,17H,6,9-12H2,1-2H3,(H3,27,28)(H,33,39)(H,34,38)(H3,29,36,37)(H4,30,31,32)/t15-,17-/m0/s1. The second kappa shape index (κ2) is 15.8. The number of nitrogens with two attached hydrogens (primary N) is 4. The summed E-state index contributed by atoms with van der Waals surface area (Å²) in [6.45, 7) is 3.39. The van der Waals surface area contributed by atoms with Gasteiger partial charge in [-0.2, -0.15) is 0 Å². The van der Waals surface area contributed by atoms with Gasteiger partial charge in [0.1, 0.15) is 30.2 Å². The molecule has 0 spiro atoms. The summed E-state index contributed by atoms with van der Waals surface area (Å²) in [5.74, 6) is -2.70. The maximum atomic E-state index is 13.0. The molecule has 222 valence electrons. The number of ether oxygens (including phenoxy) is 1. The smallest absolute Gasteiger partial charge is 0.328 e. The molecule has 12 N–H and O–H groups in total. The van der Waals surface area contributed by atoms with Gasteiger partial charge in [-0.15, -0.1) is 0 Å². The van der Waals surface area contributed by atoms with E-state index >= 15 is 0 Å². The molecule has 0 aliphatic carbocycles. The molecule has 2 aromatic rings. The van der Waals surface area contributed by atoms with Crippen molar-refractivity contribution in [2.45, 2.75) is 45.4 Å². The highest BCUT2D eigenvalue weighted by molar-refractivity contribution is 6.32. The van der Waals surface area contributed by atoms with E-state index < -0.39 is 42.2 Å². The Bertz CT molecular complexity index is 1250. The van der Waals surface area contributed by atoms with Crippen LogP contribution in [0.5, 0.6) is 0 Å². The minimum atomic E-state index is -0.992. The number of aliphatic imine (C=N–C) groups is 1. The first-order valence-electron chi connectivity index (χ1n) is 12.7. The normalized spacial score (nSPS) is 12.1. The molecule has 2 atom stereocenters. The Morgan fingerprint density at radius 3 is 2.41 bits per heavy atom. The van der Waals surface area contributed by atoms with Crippen LogP contribution >= 0.6 is 11.6 Å². The molecule has 15 nitrogen and oxygen atoms in total. The number of halogens is 1. The van der Waals surface area contributed by atoms with Crippen LogP contribution < -0.4 is 38.9 Å². The van der Waals surface area contributed by atoms with Crippen molar-refractivity contribution in [2.75, 3.05) is 24.1 Å². The third-order valence-corrected chi connectivity index (χ3v) is 5.85. The highest BCUT2D eigenvalue weighted by Gasteiger charge is 2.26. The predicted octanol–water partition coefficient (Wildman–Crippen LogP) is -0.169. The van der Waals surface area contributed by atoms with Crippen LogP contribution in [0.3, 0.4) is 0 Å². The molecular weight excluding hydrogens is 554 g/mol. The minimum absolute atomic E-state index is 0.00877. The number of hydrogen-bond donors (Lipinski definition) is 8. The molecule has 2 amide bonds. The largest absolute Gasteiger partial charge is 0.459 e. The zero-order chi connectivity index (χ0) is 30.5. The number of benzene rings is 1. The number of nitrogens with zero attached hydrogens (tertiary/aromatic N) is 3. The second-order valence-corrected chi connectivity index (χ2v) is 9.61. The second-order valence-electron chi connectivity index (χ2n) is 9.26. The molecule has 0 fully saturated rings. The van der Waals surface area contributed by atoms with Gasteiger partial charge < -0.3 is 43.6 Å². The lowest BCUT2D eigenvalue weighted by Gasteiger charge is -2.23. The van der Waals surface area contributed by atoms with Crippen molar-refractivity contribution in [3.8, 4) is 0 Å². The molecule has 0 radical (unpaired) electrons. The van der Waals surface area contributed by atoms with Crippen molar-refractivity contribution >= 4 is 52.8 Å². The number of hydrogen-bond acceptors (Lipinski definition) is 10. The van der Waals surface area contributed by atoms with Gasteiger partial charge in [0.2, 0.25) is 11.8 Å². The summed E-state index contributed by atoms with van der Waals surface area (Å²) < 4.78 is 5.38. The summed E-state index contributed by atoms with van der Waals surface area (Å²) in [5, 5.41) is 15.3. The number of carbonyl (C=O) groups is 3. The van der Waals surface area contributed by atoms with E-state index in [2.05, 4.69) is 30.9 Å². The molecule has 1 aromatic heterocycles. The Morgan fingerprint density at radius 2 is 1.80 bits per heavy atom. The lowest BCUT2D eigenvalue weighted by molar-refractivity contribution is -0.149. The van der Waals surface area contributed by atoms with E-state index in [9.17, 15) is 14.4 Å². The van der Waals surface area contributed by atoms with Crippen molar-refractivity contribution in [1.29, 1.82) is 5.41 Å². The molecule has 0 saturated carbocycles. The molecular formula is C25H36ClN11O4. The number of nitrogens with one attached hydrogen (secondary N) is 4. The van der Waals surface area contributed by atoms with Gasteiger partial charge in [0.05, 0.1) is 6.54 Å². The highest BCUT2D eigenvalue weighted by atomic mass is 35.5. The molecule has 2 rings (SSSR count). The number of amides is 2. The lowest BCUT2D eigenvalue weighted by Crippen LogP contribution is -2.49. The van der Waals surface area contributed by atoms with Crippen molar-refractivity contribution in [3.63, 3.8) is 0 Å². The van der Waals surface area contributed by atoms with Crippen molar-refractivity contribution in [1.82, 2.24) is 20.6 Å². The SMILES string of the molecule is CC(C)[C@H](Nc1nc(N)c(C(=N)N)nc1Cl)C(=O)NCC(=O)N[C@@H](CCCN=C(N)N)C(=O)OCc1ccccc1. The van der Waals surface area contributed by atoms with Crippen LogP contribution in [0.15, 0.2) is 35.3 Å². The maximum absolute atomic E-state index is 13.0. The van der Waals surface area contributed by atoms with Crippen LogP contribution in [0.2, 0.25) is 5.15 Å². The Balaban J connectivity index is 2.02. The van der Waals surface area contributed by atoms with Gasteiger partial charge in [0.25, 0.3) is 0 Å². The number of esters is 1. The van der Waals surface area contributed by atoms with Gasteiger partial charge in [0, 0.05) is 6.54 Å². The molecule has 0 saturated heterocycles. The van der Waals surface area contributed by atoms with Crippen LogP contribution in [0.4, 0.5) is 11.6 Å². The lowest BCUT2D eigenvalue weighted by atomic mass is 10.0. The van der Waals surface area contributed by atoms with E-state index in [1.54, 1.807) is 26.0 Å². The van der Waals surface area contributed by atoms with E-state index in [1.807, 2.05) is 18.2 Å². The summed E-state index contributed by atoms with van der Waals surface area (Å²) in [5.41, 5.74) is 22.6. The Morgan fingerprint density at radius 1 is 1.12 bits per heavy atom. The quantitative estimate of drug-likeness (QED) is 0.0584. The van der Waals surface area contributed by atoms with E-state index in [0.29, 0.717) is 6.42 Å². The number of amidine groups is 1.